The van der Waals surface area contributed by atoms with Crippen LogP contribution in [0.3, 0.4) is 0 Å². The van der Waals surface area contributed by atoms with Gasteiger partial charge in [0.05, 0.1) is 0 Å². The van der Waals surface area contributed by atoms with Crippen molar-refractivity contribution in [2.75, 3.05) is 18.0 Å². The van der Waals surface area contributed by atoms with E-state index in [4.69, 9.17) is 16.7 Å². The third kappa shape index (κ3) is 4.49. The summed E-state index contributed by atoms with van der Waals surface area (Å²) in [6.07, 6.45) is 0. The molecular formula is C13H16ClNO2. The molecule has 0 atom stereocenters. The van der Waals surface area contributed by atoms with Crippen molar-refractivity contribution in [1.82, 2.24) is 0 Å². The lowest BCUT2D eigenvalue weighted by Crippen LogP contribution is -2.31. The van der Waals surface area contributed by atoms with E-state index in [0.29, 0.717) is 6.54 Å². The van der Waals surface area contributed by atoms with E-state index in [2.05, 4.69) is 0 Å². The standard InChI is InChI=1S/C13H16ClNO2/c1-10-3-5-12(6-4-10)15(9-13(16)17)8-11(2)7-14/h3-7H,8-9H2,1-2H3,(H,16,17)/b11-7-. The molecule has 0 radical (unpaired) electrons. The summed E-state index contributed by atoms with van der Waals surface area (Å²) in [5, 5.41) is 8.89. The molecule has 92 valence electrons. The maximum absolute atomic E-state index is 10.8. The van der Waals surface area contributed by atoms with Gasteiger partial charge in [-0.15, -0.1) is 0 Å². The van der Waals surface area contributed by atoms with Crippen LogP contribution in [0.15, 0.2) is 35.4 Å². The average Bonchev–Trinajstić information content (AvgIpc) is 2.28. The van der Waals surface area contributed by atoms with Gasteiger partial charge in [-0.2, -0.15) is 0 Å². The molecule has 0 saturated heterocycles. The molecule has 17 heavy (non-hydrogen) atoms. The second-order valence-corrected chi connectivity index (χ2v) is 4.26. The van der Waals surface area contributed by atoms with Crippen molar-refractivity contribution >= 4 is 23.3 Å². The molecule has 4 heteroatoms. The summed E-state index contributed by atoms with van der Waals surface area (Å²) >= 11 is 5.61. The summed E-state index contributed by atoms with van der Waals surface area (Å²) < 4.78 is 0. The predicted octanol–water partition coefficient (Wildman–Crippen LogP) is 3.03. The van der Waals surface area contributed by atoms with Crippen LogP contribution in [0.4, 0.5) is 5.69 Å². The number of carboxylic acids is 1. The topological polar surface area (TPSA) is 40.5 Å². The fraction of sp³-hybridized carbons (Fsp3) is 0.308. The van der Waals surface area contributed by atoms with Crippen molar-refractivity contribution < 1.29 is 9.90 Å². The van der Waals surface area contributed by atoms with Crippen molar-refractivity contribution in [3.63, 3.8) is 0 Å². The van der Waals surface area contributed by atoms with Crippen LogP contribution in [-0.4, -0.2) is 24.2 Å². The average molecular weight is 254 g/mol. The minimum atomic E-state index is -0.854. The van der Waals surface area contributed by atoms with Crippen LogP contribution in [0.2, 0.25) is 0 Å². The Hall–Kier alpha value is -1.48. The highest BCUT2D eigenvalue weighted by Gasteiger charge is 2.10. The molecule has 1 aromatic carbocycles. The molecule has 0 aliphatic carbocycles. The fourth-order valence-corrected chi connectivity index (χ4v) is 1.56. The van der Waals surface area contributed by atoms with E-state index in [1.165, 1.54) is 5.54 Å². The minimum Gasteiger partial charge on any atom is -0.480 e. The molecule has 0 fully saturated rings. The van der Waals surface area contributed by atoms with Gasteiger partial charge in [0.25, 0.3) is 0 Å². The molecule has 0 amide bonds. The van der Waals surface area contributed by atoms with Gasteiger partial charge in [-0.25, -0.2) is 0 Å². The molecule has 0 aliphatic heterocycles. The van der Waals surface area contributed by atoms with Crippen molar-refractivity contribution in [2.45, 2.75) is 13.8 Å². The lowest BCUT2D eigenvalue weighted by Gasteiger charge is -2.23. The molecule has 1 aromatic rings. The molecule has 0 aromatic heterocycles. The summed E-state index contributed by atoms with van der Waals surface area (Å²) in [5.41, 5.74) is 4.43. The summed E-state index contributed by atoms with van der Waals surface area (Å²) in [4.78, 5) is 12.6. The van der Waals surface area contributed by atoms with Gasteiger partial charge in [-0.05, 0) is 31.6 Å². The Balaban J connectivity index is 2.89. The van der Waals surface area contributed by atoms with E-state index in [9.17, 15) is 4.79 Å². The van der Waals surface area contributed by atoms with Gasteiger partial charge in [0.1, 0.15) is 6.54 Å². The van der Waals surface area contributed by atoms with E-state index in [-0.39, 0.29) is 6.54 Å². The monoisotopic (exact) mass is 253 g/mol. The third-order valence-corrected chi connectivity index (χ3v) is 2.72. The van der Waals surface area contributed by atoms with Crippen LogP contribution < -0.4 is 4.90 Å². The molecular weight excluding hydrogens is 238 g/mol. The second-order valence-electron chi connectivity index (χ2n) is 4.04. The fourth-order valence-electron chi connectivity index (χ4n) is 1.49. The number of anilines is 1. The first-order chi connectivity index (χ1) is 8.02. The number of aryl methyl sites for hydroxylation is 1. The van der Waals surface area contributed by atoms with Crippen LogP contribution >= 0.6 is 11.6 Å². The highest BCUT2D eigenvalue weighted by Crippen LogP contribution is 2.16. The van der Waals surface area contributed by atoms with Gasteiger partial charge >= 0.3 is 5.97 Å². The highest BCUT2D eigenvalue weighted by molar-refractivity contribution is 6.25. The Bertz CT molecular complexity index is 412. The Kier molecular flexibility index (Phi) is 5.04. The van der Waals surface area contributed by atoms with Gasteiger partial charge in [0, 0.05) is 17.8 Å². The summed E-state index contributed by atoms with van der Waals surface area (Å²) in [5.74, 6) is -0.854. The van der Waals surface area contributed by atoms with E-state index in [1.54, 1.807) is 4.90 Å². The number of benzene rings is 1. The number of carbonyl (C=O) groups is 1. The normalized spacial score (nSPS) is 11.4. The van der Waals surface area contributed by atoms with E-state index < -0.39 is 5.97 Å². The SMILES string of the molecule is C/C(=C/Cl)CN(CC(=O)O)c1ccc(C)cc1. The molecule has 0 saturated carbocycles. The Labute approximate surface area is 106 Å². The zero-order valence-electron chi connectivity index (χ0n) is 9.98. The molecule has 0 unspecified atom stereocenters. The molecule has 0 bridgehead atoms. The molecule has 0 heterocycles. The molecule has 0 aliphatic rings. The van der Waals surface area contributed by atoms with Crippen LogP contribution in [-0.2, 0) is 4.79 Å². The smallest absolute Gasteiger partial charge is 0.323 e. The number of rotatable bonds is 5. The van der Waals surface area contributed by atoms with Crippen molar-refractivity contribution in [3.05, 3.63) is 40.9 Å². The Morgan fingerprint density at radius 1 is 1.35 bits per heavy atom. The second kappa shape index (κ2) is 6.30. The lowest BCUT2D eigenvalue weighted by molar-refractivity contribution is -0.135. The van der Waals surface area contributed by atoms with Crippen LogP contribution in [0.1, 0.15) is 12.5 Å². The van der Waals surface area contributed by atoms with Crippen LogP contribution in [0.25, 0.3) is 0 Å². The number of halogens is 1. The first-order valence-electron chi connectivity index (χ1n) is 5.32. The number of aliphatic carboxylic acids is 1. The molecule has 0 spiro atoms. The first-order valence-corrected chi connectivity index (χ1v) is 5.76. The van der Waals surface area contributed by atoms with Gasteiger partial charge in [0.15, 0.2) is 0 Å². The van der Waals surface area contributed by atoms with Crippen LogP contribution in [0.5, 0.6) is 0 Å². The summed E-state index contributed by atoms with van der Waals surface area (Å²) in [6.45, 7) is 4.34. The van der Waals surface area contributed by atoms with Crippen molar-refractivity contribution in [3.8, 4) is 0 Å². The molecule has 1 rings (SSSR count). The highest BCUT2D eigenvalue weighted by atomic mass is 35.5. The van der Waals surface area contributed by atoms with Crippen molar-refractivity contribution in [1.29, 1.82) is 0 Å². The van der Waals surface area contributed by atoms with E-state index >= 15 is 0 Å². The summed E-state index contributed by atoms with van der Waals surface area (Å²) in [7, 11) is 0. The molecule has 1 N–H and O–H groups in total. The quantitative estimate of drug-likeness (QED) is 0.877. The van der Waals surface area contributed by atoms with Gasteiger partial charge in [0.2, 0.25) is 0 Å². The largest absolute Gasteiger partial charge is 0.480 e. The van der Waals surface area contributed by atoms with Crippen molar-refractivity contribution in [2.24, 2.45) is 0 Å². The number of nitrogens with zero attached hydrogens (tertiary/aromatic N) is 1. The lowest BCUT2D eigenvalue weighted by atomic mass is 10.2. The Morgan fingerprint density at radius 3 is 2.41 bits per heavy atom. The number of hydrogen-bond donors (Lipinski definition) is 1. The van der Waals surface area contributed by atoms with Gasteiger partial charge in [-0.1, -0.05) is 29.3 Å². The van der Waals surface area contributed by atoms with Crippen LogP contribution in [0, 0.1) is 6.92 Å². The minimum absolute atomic E-state index is 0.0366. The molecule has 3 nitrogen and oxygen atoms in total. The van der Waals surface area contributed by atoms with E-state index in [1.807, 2.05) is 38.1 Å². The first kappa shape index (κ1) is 13.6. The number of carboxylic acid groups (broad SMARTS) is 1. The maximum Gasteiger partial charge on any atom is 0.323 e. The summed E-state index contributed by atoms with van der Waals surface area (Å²) in [6, 6.07) is 7.76. The zero-order valence-corrected chi connectivity index (χ0v) is 10.7. The van der Waals surface area contributed by atoms with Gasteiger partial charge in [-0.3, -0.25) is 4.79 Å². The van der Waals surface area contributed by atoms with E-state index in [0.717, 1.165) is 16.8 Å². The van der Waals surface area contributed by atoms with Gasteiger partial charge < -0.3 is 10.0 Å². The predicted molar refractivity (Wildman–Crippen MR) is 70.6 cm³/mol. The zero-order chi connectivity index (χ0) is 12.8. The maximum atomic E-state index is 10.8. The third-order valence-electron chi connectivity index (χ3n) is 2.35. The number of hydrogen-bond acceptors (Lipinski definition) is 2. The Morgan fingerprint density at radius 2 is 1.94 bits per heavy atom.